The summed E-state index contributed by atoms with van der Waals surface area (Å²) in [7, 11) is 0. The number of carboxylic acid groups (broad SMARTS) is 1. The molecule has 0 fully saturated rings. The van der Waals surface area contributed by atoms with E-state index in [0.29, 0.717) is 22.8 Å². The molecule has 0 aliphatic rings. The highest BCUT2D eigenvalue weighted by molar-refractivity contribution is 6.30. The molecular weight excluding hydrogens is 546 g/mol. The van der Waals surface area contributed by atoms with Gasteiger partial charge in [0, 0.05) is 28.9 Å². The molecular formula is C30H30ClN5O5. The van der Waals surface area contributed by atoms with Crippen LogP contribution in [0.4, 0.5) is 5.69 Å². The quantitative estimate of drug-likeness (QED) is 0.161. The number of carbonyl (C=O) groups excluding carboxylic acids is 2. The molecule has 11 heteroatoms. The van der Waals surface area contributed by atoms with Gasteiger partial charge in [-0.1, -0.05) is 54.1 Å². The standard InChI is InChI=1S/C30H30ClN5O5/c31-22-10-6-20(7-11-22)17-41-27-14-21(9-13-25(27)35-29(38)24(32)15-23-16-33-18-34-23)28(37)36-26(30(39)40)12-8-19-4-2-1-3-5-19/h1-7,9-11,13-14,16,18,24,26H,8,12,15,17,32H2,(H,33,34)(H,35,38)(H,36,37)(H,39,40)/t24-,26-/m0/s1. The number of H-pyrrole nitrogens is 1. The van der Waals surface area contributed by atoms with Gasteiger partial charge < -0.3 is 31.2 Å². The number of nitrogens with one attached hydrogen (secondary N) is 3. The first-order valence-electron chi connectivity index (χ1n) is 12.9. The fourth-order valence-corrected chi connectivity index (χ4v) is 4.16. The molecule has 2 atom stereocenters. The summed E-state index contributed by atoms with van der Waals surface area (Å²) >= 11 is 5.98. The number of rotatable bonds is 13. The maximum atomic E-state index is 13.1. The summed E-state index contributed by atoms with van der Waals surface area (Å²) in [6.07, 6.45) is 4.03. The van der Waals surface area contributed by atoms with Crippen molar-refractivity contribution in [3.8, 4) is 5.75 Å². The van der Waals surface area contributed by atoms with Gasteiger partial charge in [-0.25, -0.2) is 9.78 Å². The van der Waals surface area contributed by atoms with Crippen LogP contribution in [-0.2, 0) is 29.0 Å². The van der Waals surface area contributed by atoms with Crippen LogP contribution in [0.15, 0.2) is 85.3 Å². The van der Waals surface area contributed by atoms with Crippen LogP contribution < -0.4 is 21.1 Å². The number of hydrogen-bond donors (Lipinski definition) is 5. The number of hydrogen-bond acceptors (Lipinski definition) is 6. The van der Waals surface area contributed by atoms with E-state index in [4.69, 9.17) is 22.1 Å². The Balaban J connectivity index is 1.50. The highest BCUT2D eigenvalue weighted by Crippen LogP contribution is 2.28. The predicted molar refractivity (Wildman–Crippen MR) is 155 cm³/mol. The number of aliphatic carboxylic acids is 1. The van der Waals surface area contributed by atoms with Crippen molar-refractivity contribution < 1.29 is 24.2 Å². The summed E-state index contributed by atoms with van der Waals surface area (Å²) in [6.45, 7) is 0.125. The van der Waals surface area contributed by atoms with E-state index < -0.39 is 29.9 Å². The first-order valence-corrected chi connectivity index (χ1v) is 13.3. The van der Waals surface area contributed by atoms with E-state index in [1.54, 1.807) is 30.5 Å². The number of aryl methyl sites for hydroxylation is 1. The average molecular weight is 576 g/mol. The number of ether oxygens (including phenoxy) is 1. The lowest BCUT2D eigenvalue weighted by Gasteiger charge is -2.18. The fourth-order valence-electron chi connectivity index (χ4n) is 4.03. The van der Waals surface area contributed by atoms with Crippen LogP contribution >= 0.6 is 11.6 Å². The molecule has 6 N–H and O–H groups in total. The second-order valence-electron chi connectivity index (χ2n) is 9.39. The lowest BCUT2D eigenvalue weighted by molar-refractivity contribution is -0.139. The Morgan fingerprint density at radius 1 is 1.02 bits per heavy atom. The molecule has 0 aliphatic carbocycles. The van der Waals surface area contributed by atoms with Crippen molar-refractivity contribution in [1.29, 1.82) is 0 Å². The monoisotopic (exact) mass is 575 g/mol. The van der Waals surface area contributed by atoms with Gasteiger partial charge >= 0.3 is 5.97 Å². The fraction of sp³-hybridized carbons (Fsp3) is 0.200. The van der Waals surface area contributed by atoms with Gasteiger partial charge in [-0.05, 0) is 54.3 Å². The van der Waals surface area contributed by atoms with E-state index >= 15 is 0 Å². The van der Waals surface area contributed by atoms with Gasteiger partial charge in [0.2, 0.25) is 5.91 Å². The molecule has 0 aliphatic heterocycles. The maximum Gasteiger partial charge on any atom is 0.326 e. The van der Waals surface area contributed by atoms with Crippen LogP contribution in [0, 0.1) is 0 Å². The van der Waals surface area contributed by atoms with Crippen molar-refractivity contribution in [1.82, 2.24) is 15.3 Å². The van der Waals surface area contributed by atoms with Gasteiger partial charge in [0.25, 0.3) is 5.91 Å². The van der Waals surface area contributed by atoms with Crippen molar-refractivity contribution in [2.75, 3.05) is 5.32 Å². The number of nitrogens with two attached hydrogens (primary N) is 1. The Morgan fingerprint density at radius 3 is 2.46 bits per heavy atom. The zero-order chi connectivity index (χ0) is 29.2. The number of halogens is 1. The van der Waals surface area contributed by atoms with Gasteiger partial charge in [-0.3, -0.25) is 9.59 Å². The summed E-state index contributed by atoms with van der Waals surface area (Å²) in [4.78, 5) is 44.7. The number of anilines is 1. The van der Waals surface area contributed by atoms with Gasteiger partial charge in [-0.15, -0.1) is 0 Å². The number of aromatic amines is 1. The van der Waals surface area contributed by atoms with E-state index in [-0.39, 0.29) is 30.8 Å². The molecule has 3 aromatic carbocycles. The molecule has 0 bridgehead atoms. The molecule has 1 heterocycles. The predicted octanol–water partition coefficient (Wildman–Crippen LogP) is 3.97. The molecule has 4 aromatic rings. The van der Waals surface area contributed by atoms with Crippen molar-refractivity contribution in [3.05, 3.63) is 113 Å². The van der Waals surface area contributed by atoms with Crippen LogP contribution in [0.3, 0.4) is 0 Å². The van der Waals surface area contributed by atoms with E-state index in [2.05, 4.69) is 20.6 Å². The van der Waals surface area contributed by atoms with Crippen LogP contribution in [-0.4, -0.2) is 44.9 Å². The molecule has 41 heavy (non-hydrogen) atoms. The third-order valence-electron chi connectivity index (χ3n) is 6.31. The Bertz CT molecular complexity index is 1460. The minimum atomic E-state index is -1.14. The molecule has 0 unspecified atom stereocenters. The van der Waals surface area contributed by atoms with Crippen molar-refractivity contribution in [2.24, 2.45) is 5.73 Å². The molecule has 212 valence electrons. The summed E-state index contributed by atoms with van der Waals surface area (Å²) in [5.41, 5.74) is 9.04. The number of imidazole rings is 1. The van der Waals surface area contributed by atoms with Gasteiger partial charge in [0.05, 0.1) is 18.1 Å². The smallest absolute Gasteiger partial charge is 0.326 e. The second-order valence-corrected chi connectivity index (χ2v) is 9.83. The van der Waals surface area contributed by atoms with Crippen molar-refractivity contribution >= 4 is 35.1 Å². The highest BCUT2D eigenvalue weighted by atomic mass is 35.5. The van der Waals surface area contributed by atoms with Crippen LogP contribution in [0.5, 0.6) is 5.75 Å². The second kappa shape index (κ2) is 14.1. The molecule has 2 amide bonds. The van der Waals surface area contributed by atoms with E-state index in [0.717, 1.165) is 11.1 Å². The minimum Gasteiger partial charge on any atom is -0.487 e. The Morgan fingerprint density at radius 2 is 1.78 bits per heavy atom. The number of carboxylic acids is 1. The zero-order valence-corrected chi connectivity index (χ0v) is 22.8. The third kappa shape index (κ3) is 8.66. The number of carbonyl (C=O) groups is 3. The number of aromatic nitrogens is 2. The lowest BCUT2D eigenvalue weighted by Crippen LogP contribution is -2.41. The van der Waals surface area contributed by atoms with E-state index in [9.17, 15) is 19.5 Å². The normalized spacial score (nSPS) is 12.2. The molecule has 4 rings (SSSR count). The summed E-state index contributed by atoms with van der Waals surface area (Å²) in [5, 5.41) is 15.6. The Labute approximate surface area is 241 Å². The number of nitrogens with zero attached hydrogens (tertiary/aromatic N) is 1. The molecule has 0 saturated carbocycles. The first kappa shape index (κ1) is 29.3. The largest absolute Gasteiger partial charge is 0.487 e. The first-order chi connectivity index (χ1) is 19.8. The van der Waals surface area contributed by atoms with Crippen molar-refractivity contribution in [2.45, 2.75) is 38.0 Å². The summed E-state index contributed by atoms with van der Waals surface area (Å²) in [6, 6.07) is 19.0. The van der Waals surface area contributed by atoms with Gasteiger partial charge in [0.1, 0.15) is 18.4 Å². The Hall–Kier alpha value is -4.67. The zero-order valence-electron chi connectivity index (χ0n) is 22.0. The number of benzene rings is 3. The lowest BCUT2D eigenvalue weighted by atomic mass is 10.0. The summed E-state index contributed by atoms with van der Waals surface area (Å²) < 4.78 is 5.99. The van der Waals surface area contributed by atoms with Crippen LogP contribution in [0.25, 0.3) is 0 Å². The average Bonchev–Trinajstić information content (AvgIpc) is 3.48. The van der Waals surface area contributed by atoms with Crippen molar-refractivity contribution in [3.63, 3.8) is 0 Å². The highest BCUT2D eigenvalue weighted by Gasteiger charge is 2.22. The molecule has 10 nitrogen and oxygen atoms in total. The Kier molecular flexibility index (Phi) is 10.1. The van der Waals surface area contributed by atoms with E-state index in [1.807, 2.05) is 30.3 Å². The van der Waals surface area contributed by atoms with Crippen LogP contribution in [0.1, 0.15) is 33.6 Å². The maximum absolute atomic E-state index is 13.1. The minimum absolute atomic E-state index is 0.125. The molecule has 1 aromatic heterocycles. The van der Waals surface area contributed by atoms with Gasteiger partial charge in [-0.2, -0.15) is 0 Å². The molecule has 0 radical (unpaired) electrons. The topological polar surface area (TPSA) is 159 Å². The molecule has 0 spiro atoms. The van der Waals surface area contributed by atoms with Gasteiger partial charge in [0.15, 0.2) is 0 Å². The van der Waals surface area contributed by atoms with E-state index in [1.165, 1.54) is 24.5 Å². The SMILES string of the molecule is N[C@@H](Cc1cnc[nH]1)C(=O)Nc1ccc(C(=O)N[C@@H](CCc2ccccc2)C(=O)O)cc1OCc1ccc(Cl)cc1. The molecule has 0 saturated heterocycles. The summed E-state index contributed by atoms with van der Waals surface area (Å²) in [5.74, 6) is -1.97. The third-order valence-corrected chi connectivity index (χ3v) is 6.56. The number of amides is 2. The van der Waals surface area contributed by atoms with Crippen LogP contribution in [0.2, 0.25) is 5.02 Å².